The number of halogens is 1. The van der Waals surface area contributed by atoms with E-state index in [-0.39, 0.29) is 30.3 Å². The Balaban J connectivity index is 1.53. The molecule has 2 aliphatic rings. The van der Waals surface area contributed by atoms with E-state index in [1.54, 1.807) is 36.7 Å². The molecule has 5 rings (SSSR count). The van der Waals surface area contributed by atoms with Crippen LogP contribution in [0, 0.1) is 0 Å². The van der Waals surface area contributed by atoms with Gasteiger partial charge in [-0.2, -0.15) is 11.3 Å². The molecule has 0 aliphatic carbocycles. The van der Waals surface area contributed by atoms with Crippen LogP contribution in [-0.4, -0.2) is 68.7 Å². The monoisotopic (exact) mass is 603 g/mol. The van der Waals surface area contributed by atoms with Gasteiger partial charge in [0.15, 0.2) is 5.60 Å². The van der Waals surface area contributed by atoms with Gasteiger partial charge in [-0.05, 0) is 29.0 Å². The Morgan fingerprint density at radius 2 is 1.93 bits per heavy atom. The van der Waals surface area contributed by atoms with Crippen LogP contribution in [0.3, 0.4) is 0 Å². The van der Waals surface area contributed by atoms with Crippen molar-refractivity contribution in [2.24, 2.45) is 0 Å². The number of rotatable bonds is 9. The van der Waals surface area contributed by atoms with Crippen molar-refractivity contribution in [1.82, 2.24) is 9.97 Å². The van der Waals surface area contributed by atoms with Gasteiger partial charge in [-0.1, -0.05) is 35.5 Å². The molecule has 40 heavy (non-hydrogen) atoms. The summed E-state index contributed by atoms with van der Waals surface area (Å²) in [5.74, 6) is -0.0373. The first-order chi connectivity index (χ1) is 19.5. The van der Waals surface area contributed by atoms with E-state index < -0.39 is 17.7 Å². The summed E-state index contributed by atoms with van der Waals surface area (Å²) in [6, 6.07) is 8.91. The lowest BCUT2D eigenvalue weighted by Gasteiger charge is -2.37. The summed E-state index contributed by atoms with van der Waals surface area (Å²) in [5, 5.41) is 4.20. The Morgan fingerprint density at radius 3 is 2.62 bits per heavy atom. The second kappa shape index (κ2) is 13.0. The number of ether oxygens (including phenoxy) is 5. The number of hydrogen-bond acceptors (Lipinski definition) is 12. The number of aromatic nitrogens is 2. The minimum absolute atomic E-state index is 0.00188. The van der Waals surface area contributed by atoms with Crippen LogP contribution in [0.15, 0.2) is 69.0 Å². The number of thiophene rings is 1. The van der Waals surface area contributed by atoms with Gasteiger partial charge in [-0.3, -0.25) is 0 Å². The van der Waals surface area contributed by atoms with Gasteiger partial charge in [0.2, 0.25) is 5.95 Å². The third-order valence-corrected chi connectivity index (χ3v) is 8.56. The number of thioether (sulfide) groups is 1. The molecular formula is C27H26ClN3O7S2. The molecule has 0 saturated carbocycles. The van der Waals surface area contributed by atoms with Crippen molar-refractivity contribution in [3.63, 3.8) is 0 Å². The molecule has 2 aromatic heterocycles. The van der Waals surface area contributed by atoms with Gasteiger partial charge in [-0.25, -0.2) is 19.6 Å². The highest BCUT2D eigenvalue weighted by molar-refractivity contribution is 8.04. The Labute approximate surface area is 244 Å². The first-order valence-electron chi connectivity index (χ1n) is 12.4. The first-order valence-corrected chi connectivity index (χ1v) is 14.5. The van der Waals surface area contributed by atoms with Crippen LogP contribution in [0.5, 0.6) is 0 Å². The molecule has 0 N–H and O–H groups in total. The number of benzene rings is 1. The second-order valence-corrected chi connectivity index (χ2v) is 11.0. The van der Waals surface area contributed by atoms with Gasteiger partial charge >= 0.3 is 12.1 Å². The topological polar surface area (TPSA) is 109 Å². The van der Waals surface area contributed by atoms with E-state index in [9.17, 15) is 9.59 Å². The lowest BCUT2D eigenvalue weighted by Crippen LogP contribution is -2.40. The molecule has 1 unspecified atom stereocenters. The first kappa shape index (κ1) is 28.4. The number of esters is 1. The lowest BCUT2D eigenvalue weighted by molar-refractivity contribution is -0.154. The summed E-state index contributed by atoms with van der Waals surface area (Å²) in [7, 11) is 1.49. The van der Waals surface area contributed by atoms with Crippen molar-refractivity contribution < 1.29 is 33.3 Å². The predicted molar refractivity (Wildman–Crippen MR) is 150 cm³/mol. The van der Waals surface area contributed by atoms with Gasteiger partial charge in [0.25, 0.3) is 0 Å². The Morgan fingerprint density at radius 1 is 1.15 bits per heavy atom. The summed E-state index contributed by atoms with van der Waals surface area (Å²) in [6.45, 7) is 2.74. The molecule has 10 nitrogen and oxygen atoms in total. The number of anilines is 1. The Hall–Kier alpha value is -3.16. The molecule has 1 atom stereocenters. The predicted octanol–water partition coefficient (Wildman–Crippen LogP) is 5.02. The smallest absolute Gasteiger partial charge is 0.445 e. The van der Waals surface area contributed by atoms with Crippen LogP contribution >= 0.6 is 34.7 Å². The summed E-state index contributed by atoms with van der Waals surface area (Å²) >= 11 is 8.88. The van der Waals surface area contributed by atoms with E-state index >= 15 is 0 Å². The number of carbonyl (C=O) groups is 2. The number of cyclic esters (lactones) is 1. The van der Waals surface area contributed by atoms with Crippen molar-refractivity contribution in [2.45, 2.75) is 16.9 Å². The van der Waals surface area contributed by atoms with E-state index in [0.29, 0.717) is 53.3 Å². The molecule has 2 aliphatic heterocycles. The third kappa shape index (κ3) is 6.26. The molecule has 0 amide bonds. The van der Waals surface area contributed by atoms with E-state index in [1.165, 1.54) is 18.4 Å². The van der Waals surface area contributed by atoms with E-state index in [1.807, 2.05) is 21.7 Å². The fourth-order valence-corrected chi connectivity index (χ4v) is 6.11. The van der Waals surface area contributed by atoms with Crippen LogP contribution in [0.25, 0.3) is 0 Å². The van der Waals surface area contributed by atoms with Crippen molar-refractivity contribution >= 4 is 52.8 Å². The molecule has 210 valence electrons. The molecule has 0 bridgehead atoms. The highest BCUT2D eigenvalue weighted by Gasteiger charge is 2.47. The van der Waals surface area contributed by atoms with E-state index in [4.69, 9.17) is 35.3 Å². The van der Waals surface area contributed by atoms with Crippen LogP contribution in [0.2, 0.25) is 5.02 Å². The molecule has 1 fully saturated rings. The van der Waals surface area contributed by atoms with Crippen molar-refractivity contribution in [2.75, 3.05) is 51.5 Å². The molecule has 0 spiro atoms. The van der Waals surface area contributed by atoms with E-state index in [0.717, 1.165) is 11.8 Å². The minimum Gasteiger partial charge on any atom is -0.445 e. The van der Waals surface area contributed by atoms with Crippen LogP contribution in [0.1, 0.15) is 17.5 Å². The molecule has 13 heteroatoms. The molecule has 4 heterocycles. The highest BCUT2D eigenvalue weighted by Crippen LogP contribution is 2.48. The van der Waals surface area contributed by atoms with Crippen LogP contribution in [-0.2, 0) is 34.1 Å². The number of hydrogen-bond donors (Lipinski definition) is 0. The Bertz CT molecular complexity index is 1360. The zero-order valence-corrected chi connectivity index (χ0v) is 23.9. The standard InChI is InChI=1S/C27H26ClN3O7S2/c1-34-11-12-36-26(33)37-21-14-27(18-6-13-39-17-18,19-15-29-25(30-16-19)31-7-9-35-10-8-31)38-24(32)23(21)40-22-5-3-2-4-20(22)28/h2-6,13,15-17H,7-12,14H2,1H3. The summed E-state index contributed by atoms with van der Waals surface area (Å²) in [4.78, 5) is 38.2. The van der Waals surface area contributed by atoms with Crippen LogP contribution in [0.4, 0.5) is 10.7 Å². The molecule has 1 aromatic carbocycles. The number of morpholine rings is 1. The van der Waals surface area contributed by atoms with Crippen LogP contribution < -0.4 is 4.90 Å². The molecular weight excluding hydrogens is 578 g/mol. The maximum absolute atomic E-state index is 13.7. The van der Waals surface area contributed by atoms with Crippen molar-refractivity contribution in [1.29, 1.82) is 0 Å². The van der Waals surface area contributed by atoms with E-state index in [2.05, 4.69) is 9.97 Å². The van der Waals surface area contributed by atoms with Gasteiger partial charge in [0.1, 0.15) is 17.3 Å². The number of carbonyl (C=O) groups excluding carboxylic acids is 2. The summed E-state index contributed by atoms with van der Waals surface area (Å²) in [6.07, 6.45) is 2.33. The quantitative estimate of drug-likeness (QED) is 0.243. The van der Waals surface area contributed by atoms with Crippen molar-refractivity contribution in [3.8, 4) is 0 Å². The average Bonchev–Trinajstić information content (AvgIpc) is 3.52. The normalized spacial score (nSPS) is 19.4. The molecule has 1 saturated heterocycles. The second-order valence-electron chi connectivity index (χ2n) is 8.75. The fraction of sp³-hybridized carbons (Fsp3) is 0.333. The zero-order valence-electron chi connectivity index (χ0n) is 21.5. The van der Waals surface area contributed by atoms with Gasteiger partial charge in [0.05, 0.1) is 31.3 Å². The van der Waals surface area contributed by atoms with Gasteiger partial charge < -0.3 is 28.6 Å². The third-order valence-electron chi connectivity index (χ3n) is 6.26. The maximum atomic E-state index is 13.7. The molecule has 3 aromatic rings. The molecule has 0 radical (unpaired) electrons. The zero-order chi connectivity index (χ0) is 28.0. The lowest BCUT2D eigenvalue weighted by atomic mass is 9.84. The number of nitrogens with zero attached hydrogens (tertiary/aromatic N) is 3. The largest absolute Gasteiger partial charge is 0.513 e. The Kier molecular flexibility index (Phi) is 9.22. The highest BCUT2D eigenvalue weighted by atomic mass is 35.5. The minimum atomic E-state index is -1.34. The fourth-order valence-electron chi connectivity index (χ4n) is 4.26. The van der Waals surface area contributed by atoms with Gasteiger partial charge in [-0.15, -0.1) is 0 Å². The summed E-state index contributed by atoms with van der Waals surface area (Å²) < 4.78 is 27.4. The summed E-state index contributed by atoms with van der Waals surface area (Å²) in [5.41, 5.74) is -0.107. The van der Waals surface area contributed by atoms with Gasteiger partial charge in [0, 0.05) is 48.6 Å². The van der Waals surface area contributed by atoms with Crippen molar-refractivity contribution in [3.05, 3.63) is 80.3 Å². The SMILES string of the molecule is COCCOC(=O)OC1=C(Sc2ccccc2Cl)C(=O)OC(c2cnc(N3CCOCC3)nc2)(c2ccsc2)C1. The number of methoxy groups -OCH3 is 1. The maximum Gasteiger partial charge on any atom is 0.513 e. The average molecular weight is 604 g/mol.